The number of nitrogens with zero attached hydrogens (tertiary/aromatic N) is 1. The highest BCUT2D eigenvalue weighted by Crippen LogP contribution is 2.28. The fraction of sp³-hybridized carbons (Fsp3) is 0.296. The number of aryl methyl sites for hydroxylation is 1. The Kier molecular flexibility index (Phi) is 5.66. The Hall–Kier alpha value is -2.65. The van der Waals surface area contributed by atoms with Crippen molar-refractivity contribution in [2.24, 2.45) is 0 Å². The molecule has 2 nitrogen and oxygen atoms in total. The van der Waals surface area contributed by atoms with E-state index in [0.29, 0.717) is 6.54 Å². The van der Waals surface area contributed by atoms with Gasteiger partial charge in [-0.3, -0.25) is 4.79 Å². The smallest absolute Gasteiger partial charge is 0.254 e. The molecule has 1 aliphatic heterocycles. The van der Waals surface area contributed by atoms with Gasteiger partial charge in [-0.15, -0.1) is 0 Å². The van der Waals surface area contributed by atoms with Gasteiger partial charge in [0.15, 0.2) is 0 Å². The van der Waals surface area contributed by atoms with Crippen molar-refractivity contribution in [3.05, 3.63) is 100 Å². The topological polar surface area (TPSA) is 20.3 Å². The van der Waals surface area contributed by atoms with Gasteiger partial charge in [0.1, 0.15) is 0 Å². The number of amides is 1. The lowest BCUT2D eigenvalue weighted by Gasteiger charge is -2.34. The second-order valence-electron chi connectivity index (χ2n) is 9.23. The second-order valence-corrected chi connectivity index (χ2v) is 13.9. The normalized spacial score (nSPS) is 14.0. The second kappa shape index (κ2) is 8.23. The highest BCUT2D eigenvalue weighted by Gasteiger charge is 2.32. The van der Waals surface area contributed by atoms with Crippen LogP contribution in [0.4, 0.5) is 0 Å². The minimum absolute atomic E-state index is 0.190. The zero-order valence-corrected chi connectivity index (χ0v) is 19.5. The van der Waals surface area contributed by atoms with Crippen molar-refractivity contribution in [3.63, 3.8) is 0 Å². The van der Waals surface area contributed by atoms with Gasteiger partial charge < -0.3 is 4.90 Å². The lowest BCUT2D eigenvalue weighted by atomic mass is 9.90. The SMILES string of the molecule is Cc1cc([Si](C)(C)Cc2ccccc2)c(C)c2c1C(=O)N(Cc1ccccc1)CC2. The van der Waals surface area contributed by atoms with Crippen LogP contribution in [0.3, 0.4) is 0 Å². The van der Waals surface area contributed by atoms with E-state index in [1.54, 1.807) is 0 Å². The Morgan fingerprint density at radius 3 is 2.13 bits per heavy atom. The van der Waals surface area contributed by atoms with Crippen LogP contribution < -0.4 is 5.19 Å². The lowest BCUT2D eigenvalue weighted by Crippen LogP contribution is -2.48. The number of hydrogen-bond acceptors (Lipinski definition) is 1. The molecule has 0 saturated heterocycles. The van der Waals surface area contributed by atoms with Gasteiger partial charge >= 0.3 is 0 Å². The first-order chi connectivity index (χ1) is 14.4. The molecule has 1 heterocycles. The van der Waals surface area contributed by atoms with Gasteiger partial charge in [0.05, 0.1) is 8.07 Å². The number of benzene rings is 3. The first-order valence-corrected chi connectivity index (χ1v) is 14.1. The molecular formula is C27H31NOSi. The van der Waals surface area contributed by atoms with Gasteiger partial charge in [0.2, 0.25) is 0 Å². The predicted octanol–water partition coefficient (Wildman–Crippen LogP) is 5.20. The molecule has 0 spiro atoms. The Morgan fingerprint density at radius 1 is 0.900 bits per heavy atom. The van der Waals surface area contributed by atoms with Gasteiger partial charge in [-0.25, -0.2) is 0 Å². The lowest BCUT2D eigenvalue weighted by molar-refractivity contribution is 0.0726. The molecule has 3 aromatic rings. The third kappa shape index (κ3) is 3.99. The molecule has 0 atom stereocenters. The number of fused-ring (bicyclic) bond motifs is 1. The van der Waals surface area contributed by atoms with Crippen molar-refractivity contribution < 1.29 is 4.79 Å². The Morgan fingerprint density at radius 2 is 1.50 bits per heavy atom. The summed E-state index contributed by atoms with van der Waals surface area (Å²) in [4.78, 5) is 15.4. The zero-order chi connectivity index (χ0) is 21.3. The molecule has 0 N–H and O–H groups in total. The van der Waals surface area contributed by atoms with Crippen LogP contribution in [0.25, 0.3) is 0 Å². The van der Waals surface area contributed by atoms with Crippen molar-refractivity contribution >= 4 is 19.2 Å². The molecule has 4 rings (SSSR count). The van der Waals surface area contributed by atoms with Crippen LogP contribution in [0, 0.1) is 13.8 Å². The monoisotopic (exact) mass is 413 g/mol. The van der Waals surface area contributed by atoms with Crippen molar-refractivity contribution in [1.82, 2.24) is 4.90 Å². The van der Waals surface area contributed by atoms with Gasteiger partial charge in [-0.2, -0.15) is 0 Å². The molecule has 1 aliphatic rings. The summed E-state index contributed by atoms with van der Waals surface area (Å²) in [5.74, 6) is 0.190. The van der Waals surface area contributed by atoms with Gasteiger partial charge in [-0.05, 0) is 48.6 Å². The molecule has 30 heavy (non-hydrogen) atoms. The molecule has 154 valence electrons. The first kappa shape index (κ1) is 20.6. The minimum atomic E-state index is -1.68. The van der Waals surface area contributed by atoms with Gasteiger partial charge in [0, 0.05) is 18.7 Å². The molecule has 0 saturated carbocycles. The van der Waals surface area contributed by atoms with E-state index in [0.717, 1.165) is 30.1 Å². The maximum atomic E-state index is 13.4. The quantitative estimate of drug-likeness (QED) is 0.527. The highest BCUT2D eigenvalue weighted by atomic mass is 28.3. The van der Waals surface area contributed by atoms with Gasteiger partial charge in [0.25, 0.3) is 5.91 Å². The van der Waals surface area contributed by atoms with Crippen LogP contribution >= 0.6 is 0 Å². The van der Waals surface area contributed by atoms with E-state index in [2.05, 4.69) is 75.5 Å². The maximum Gasteiger partial charge on any atom is 0.254 e. The van der Waals surface area contributed by atoms with E-state index in [1.165, 1.54) is 27.4 Å². The molecule has 0 aliphatic carbocycles. The Labute approximate surface area is 181 Å². The summed E-state index contributed by atoms with van der Waals surface area (Å²) in [6.07, 6.45) is 0.949. The summed E-state index contributed by atoms with van der Waals surface area (Å²) in [6.45, 7) is 10.8. The van der Waals surface area contributed by atoms with Crippen LogP contribution in [0.1, 0.15) is 38.2 Å². The molecule has 0 unspecified atom stereocenters. The summed E-state index contributed by atoms with van der Waals surface area (Å²) < 4.78 is 0. The third-order valence-corrected chi connectivity index (χ3v) is 9.75. The average molecular weight is 414 g/mol. The molecule has 0 bridgehead atoms. The number of rotatable bonds is 5. The average Bonchev–Trinajstić information content (AvgIpc) is 2.73. The molecule has 0 fully saturated rings. The predicted molar refractivity (Wildman–Crippen MR) is 128 cm³/mol. The molecule has 1 amide bonds. The number of carbonyl (C=O) groups is 1. The molecule has 3 aromatic carbocycles. The fourth-order valence-electron chi connectivity index (χ4n) is 4.96. The van der Waals surface area contributed by atoms with Crippen molar-refractivity contribution in [3.8, 4) is 0 Å². The van der Waals surface area contributed by atoms with Crippen molar-refractivity contribution in [1.29, 1.82) is 0 Å². The third-order valence-electron chi connectivity index (χ3n) is 6.48. The minimum Gasteiger partial charge on any atom is -0.334 e. The molecule has 3 heteroatoms. The standard InChI is InChI=1S/C27H31NOSi/c1-20-17-25(30(3,4)19-23-13-9-6-10-14-23)21(2)24-15-16-28(27(29)26(20)24)18-22-11-7-5-8-12-22/h5-14,17H,15-16,18-19H2,1-4H3. The Bertz CT molecular complexity index is 1060. The van der Waals surface area contributed by atoms with E-state index < -0.39 is 8.07 Å². The van der Waals surface area contributed by atoms with E-state index in [4.69, 9.17) is 0 Å². The summed E-state index contributed by atoms with van der Waals surface area (Å²) in [5, 5.41) is 1.51. The van der Waals surface area contributed by atoms with Crippen molar-refractivity contribution in [2.75, 3.05) is 6.54 Å². The number of hydrogen-bond donors (Lipinski definition) is 0. The molecular weight excluding hydrogens is 382 g/mol. The summed E-state index contributed by atoms with van der Waals surface area (Å²) in [7, 11) is -1.68. The summed E-state index contributed by atoms with van der Waals surface area (Å²) in [6, 6.07) is 24.6. The van der Waals surface area contributed by atoms with E-state index in [9.17, 15) is 4.79 Å². The van der Waals surface area contributed by atoms with E-state index in [-0.39, 0.29) is 5.91 Å². The molecule has 0 aromatic heterocycles. The van der Waals surface area contributed by atoms with Crippen LogP contribution in [-0.2, 0) is 19.0 Å². The zero-order valence-electron chi connectivity index (χ0n) is 18.5. The summed E-state index contributed by atoms with van der Waals surface area (Å²) >= 11 is 0. The maximum absolute atomic E-state index is 13.4. The molecule has 0 radical (unpaired) electrons. The first-order valence-electron chi connectivity index (χ1n) is 10.9. The van der Waals surface area contributed by atoms with Crippen molar-refractivity contribution in [2.45, 2.75) is 46.0 Å². The van der Waals surface area contributed by atoms with E-state index >= 15 is 0 Å². The van der Waals surface area contributed by atoms with E-state index in [1.807, 2.05) is 23.1 Å². The fourth-order valence-corrected chi connectivity index (χ4v) is 8.18. The summed E-state index contributed by atoms with van der Waals surface area (Å²) in [5.41, 5.74) is 7.33. The van der Waals surface area contributed by atoms with Crippen LogP contribution in [-0.4, -0.2) is 25.4 Å². The highest BCUT2D eigenvalue weighted by molar-refractivity contribution is 6.89. The Balaban J connectivity index is 1.66. The van der Waals surface area contributed by atoms with Gasteiger partial charge in [-0.1, -0.05) is 90.6 Å². The van der Waals surface area contributed by atoms with Crippen LogP contribution in [0.15, 0.2) is 66.7 Å². The van der Waals surface area contributed by atoms with Crippen LogP contribution in [0.2, 0.25) is 13.1 Å². The van der Waals surface area contributed by atoms with Crippen LogP contribution in [0.5, 0.6) is 0 Å². The largest absolute Gasteiger partial charge is 0.334 e. The number of carbonyl (C=O) groups excluding carboxylic acids is 1.